The molecular formula is C21H19NO4. The molecule has 132 valence electrons. The summed E-state index contributed by atoms with van der Waals surface area (Å²) in [5.74, 6) is 1.78. The van der Waals surface area contributed by atoms with Gasteiger partial charge in [0.2, 0.25) is 0 Å². The summed E-state index contributed by atoms with van der Waals surface area (Å²) in [5.41, 5.74) is 2.12. The number of ether oxygens (including phenoxy) is 3. The van der Waals surface area contributed by atoms with E-state index in [1.54, 1.807) is 44.4 Å². The zero-order chi connectivity index (χ0) is 18.5. The molecule has 1 aliphatic rings. The van der Waals surface area contributed by atoms with Crippen LogP contribution in [0.5, 0.6) is 17.2 Å². The minimum absolute atomic E-state index is 0.0430. The van der Waals surface area contributed by atoms with Crippen LogP contribution >= 0.6 is 0 Å². The van der Waals surface area contributed by atoms with E-state index in [-0.39, 0.29) is 5.78 Å². The second-order valence-electron chi connectivity index (χ2n) is 5.92. The summed E-state index contributed by atoms with van der Waals surface area (Å²) in [4.78, 5) is 12.8. The Hall–Kier alpha value is -3.26. The second-order valence-corrected chi connectivity index (χ2v) is 5.92. The van der Waals surface area contributed by atoms with Crippen LogP contribution in [0.1, 0.15) is 29.3 Å². The third kappa shape index (κ3) is 3.86. The predicted octanol–water partition coefficient (Wildman–Crippen LogP) is 4.03. The normalized spacial score (nSPS) is 16.0. The Balaban J connectivity index is 1.84. The summed E-state index contributed by atoms with van der Waals surface area (Å²) in [6, 6.07) is 14.5. The van der Waals surface area contributed by atoms with E-state index in [1.807, 2.05) is 24.3 Å². The number of rotatable bonds is 4. The largest absolute Gasteiger partial charge is 0.497 e. The van der Waals surface area contributed by atoms with E-state index in [9.17, 15) is 4.79 Å². The smallest absolute Gasteiger partial charge is 0.192 e. The van der Waals surface area contributed by atoms with Crippen molar-refractivity contribution in [2.75, 3.05) is 13.7 Å². The van der Waals surface area contributed by atoms with Crippen molar-refractivity contribution in [3.05, 3.63) is 59.2 Å². The lowest BCUT2D eigenvalue weighted by Gasteiger charge is -2.08. The molecule has 1 unspecified atom stereocenters. The zero-order valence-electron chi connectivity index (χ0n) is 14.7. The maximum absolute atomic E-state index is 12.8. The molecule has 0 aliphatic carbocycles. The molecule has 0 fully saturated rings. The highest BCUT2D eigenvalue weighted by Gasteiger charge is 2.21. The quantitative estimate of drug-likeness (QED) is 0.780. The van der Waals surface area contributed by atoms with E-state index in [2.05, 4.69) is 0 Å². The van der Waals surface area contributed by atoms with Crippen LogP contribution in [-0.4, -0.2) is 25.6 Å². The minimum Gasteiger partial charge on any atom is -0.497 e. The molecule has 5 nitrogen and oxygen atoms in total. The molecule has 1 aliphatic heterocycles. The molecule has 0 radical (unpaired) electrons. The number of hydrogen-bond acceptors (Lipinski definition) is 5. The van der Waals surface area contributed by atoms with Crippen LogP contribution in [0, 0.1) is 11.3 Å². The van der Waals surface area contributed by atoms with Gasteiger partial charge in [0.05, 0.1) is 19.3 Å². The van der Waals surface area contributed by atoms with Gasteiger partial charge in [-0.1, -0.05) is 12.1 Å². The monoisotopic (exact) mass is 349 g/mol. The highest BCUT2D eigenvalue weighted by atomic mass is 16.5. The van der Waals surface area contributed by atoms with Crippen LogP contribution in [0.15, 0.2) is 48.0 Å². The van der Waals surface area contributed by atoms with E-state index >= 15 is 0 Å². The van der Waals surface area contributed by atoms with Gasteiger partial charge in [0.25, 0.3) is 0 Å². The summed E-state index contributed by atoms with van der Waals surface area (Å²) in [5, 5.41) is 8.79. The molecule has 1 heterocycles. The Morgan fingerprint density at radius 3 is 2.62 bits per heavy atom. The number of hydrogen-bond donors (Lipinski definition) is 0. The van der Waals surface area contributed by atoms with Crippen molar-refractivity contribution in [3.63, 3.8) is 0 Å². The van der Waals surface area contributed by atoms with E-state index < -0.39 is 6.10 Å². The molecular weight excluding hydrogens is 330 g/mol. The van der Waals surface area contributed by atoms with Crippen molar-refractivity contribution in [3.8, 4) is 23.3 Å². The van der Waals surface area contributed by atoms with E-state index in [1.165, 1.54) is 0 Å². The number of ketones is 1. The van der Waals surface area contributed by atoms with Gasteiger partial charge in [-0.15, -0.1) is 0 Å². The number of carbonyl (C=O) groups is 1. The van der Waals surface area contributed by atoms with Gasteiger partial charge in [-0.2, -0.15) is 5.26 Å². The average Bonchev–Trinajstić information content (AvgIpc) is 2.82. The van der Waals surface area contributed by atoms with Gasteiger partial charge in [0.15, 0.2) is 11.9 Å². The van der Waals surface area contributed by atoms with E-state index in [0.29, 0.717) is 41.4 Å². The minimum atomic E-state index is -0.506. The first-order chi connectivity index (χ1) is 12.6. The molecule has 0 N–H and O–H groups in total. The molecule has 5 heteroatoms. The van der Waals surface area contributed by atoms with Gasteiger partial charge in [0.1, 0.15) is 23.3 Å². The summed E-state index contributed by atoms with van der Waals surface area (Å²) in [7, 11) is 1.58. The first kappa shape index (κ1) is 17.6. The second kappa shape index (κ2) is 7.75. The lowest BCUT2D eigenvalue weighted by atomic mass is 9.99. The molecule has 0 spiro atoms. The topological polar surface area (TPSA) is 68.6 Å². The number of Topliss-reactive ketones (excluding diaryl/α,β-unsaturated/α-hetero) is 1. The van der Waals surface area contributed by atoms with Crippen molar-refractivity contribution in [1.29, 1.82) is 5.26 Å². The molecule has 0 amide bonds. The number of fused-ring (bicyclic) bond motifs is 1. The van der Waals surface area contributed by atoms with E-state index in [4.69, 9.17) is 19.5 Å². The van der Waals surface area contributed by atoms with Crippen LogP contribution in [0.25, 0.3) is 6.08 Å². The van der Waals surface area contributed by atoms with E-state index in [0.717, 1.165) is 5.56 Å². The van der Waals surface area contributed by atoms with Crippen molar-refractivity contribution in [1.82, 2.24) is 0 Å². The summed E-state index contributed by atoms with van der Waals surface area (Å²) in [6.07, 6.45) is 1.88. The fraction of sp³-hybridized carbons (Fsp3) is 0.238. The molecule has 26 heavy (non-hydrogen) atoms. The van der Waals surface area contributed by atoms with Crippen molar-refractivity contribution >= 4 is 11.9 Å². The molecule has 0 aromatic heterocycles. The number of benzene rings is 2. The summed E-state index contributed by atoms with van der Waals surface area (Å²) in [6.45, 7) is 2.12. The van der Waals surface area contributed by atoms with Gasteiger partial charge in [-0.3, -0.25) is 4.79 Å². The third-order valence-electron chi connectivity index (χ3n) is 4.07. The highest BCUT2D eigenvalue weighted by molar-refractivity contribution is 6.13. The first-order valence-electron chi connectivity index (χ1n) is 8.33. The number of carbonyl (C=O) groups excluding carboxylic acids is 1. The maximum atomic E-state index is 12.8. The Morgan fingerprint density at radius 1 is 1.19 bits per heavy atom. The van der Waals surface area contributed by atoms with Gasteiger partial charge in [0, 0.05) is 18.1 Å². The molecule has 0 saturated carbocycles. The fourth-order valence-electron chi connectivity index (χ4n) is 2.71. The number of nitriles is 1. The van der Waals surface area contributed by atoms with Crippen molar-refractivity contribution in [2.24, 2.45) is 0 Å². The summed E-state index contributed by atoms with van der Waals surface area (Å²) >= 11 is 0. The lowest BCUT2D eigenvalue weighted by molar-refractivity contribution is 0.103. The Labute approximate surface area is 152 Å². The standard InChI is InChI=1S/C21H19NO4/c1-14(13-22)26-17-5-3-15(4-6-17)11-16-9-10-25-20-12-18(24-2)7-8-19(20)21(16)23/h3-8,11-12,14H,9-10H2,1-2H3/b16-11+. The fourth-order valence-corrected chi connectivity index (χ4v) is 2.71. The number of methoxy groups -OCH3 is 1. The van der Waals surface area contributed by atoms with Crippen molar-refractivity contribution < 1.29 is 19.0 Å². The molecule has 2 aromatic rings. The Bertz CT molecular complexity index is 878. The van der Waals surface area contributed by atoms with Crippen LogP contribution in [0.4, 0.5) is 0 Å². The van der Waals surface area contributed by atoms with Crippen LogP contribution in [0.2, 0.25) is 0 Å². The Kier molecular flexibility index (Phi) is 5.23. The van der Waals surface area contributed by atoms with Crippen LogP contribution in [0.3, 0.4) is 0 Å². The zero-order valence-corrected chi connectivity index (χ0v) is 14.7. The average molecular weight is 349 g/mol. The van der Waals surface area contributed by atoms with Gasteiger partial charge in [-0.25, -0.2) is 0 Å². The van der Waals surface area contributed by atoms with Crippen LogP contribution in [-0.2, 0) is 0 Å². The predicted molar refractivity (Wildman–Crippen MR) is 97.6 cm³/mol. The van der Waals surface area contributed by atoms with Gasteiger partial charge >= 0.3 is 0 Å². The molecule has 2 aromatic carbocycles. The maximum Gasteiger partial charge on any atom is 0.192 e. The molecule has 1 atom stereocenters. The van der Waals surface area contributed by atoms with Gasteiger partial charge < -0.3 is 14.2 Å². The molecule has 0 bridgehead atoms. The van der Waals surface area contributed by atoms with Crippen molar-refractivity contribution in [2.45, 2.75) is 19.4 Å². The first-order valence-corrected chi connectivity index (χ1v) is 8.33. The SMILES string of the molecule is COc1ccc2c(c1)OCC/C(=C\c1ccc(OC(C)C#N)cc1)C2=O. The summed E-state index contributed by atoms with van der Waals surface area (Å²) < 4.78 is 16.3. The Morgan fingerprint density at radius 2 is 1.92 bits per heavy atom. The molecule has 3 rings (SSSR count). The van der Waals surface area contributed by atoms with Gasteiger partial charge in [-0.05, 0) is 42.8 Å². The van der Waals surface area contributed by atoms with Crippen LogP contribution < -0.4 is 14.2 Å². The third-order valence-corrected chi connectivity index (χ3v) is 4.07. The number of nitrogens with zero attached hydrogens (tertiary/aromatic N) is 1. The lowest BCUT2D eigenvalue weighted by Crippen LogP contribution is -2.07. The highest BCUT2D eigenvalue weighted by Crippen LogP contribution is 2.31. The molecule has 0 saturated heterocycles.